The van der Waals surface area contributed by atoms with E-state index in [4.69, 9.17) is 27.9 Å². The molecule has 0 aliphatic rings. The van der Waals surface area contributed by atoms with Gasteiger partial charge in [0, 0.05) is 21.3 Å². The maximum Gasteiger partial charge on any atom is 0.416 e. The first-order valence-electron chi connectivity index (χ1n) is 9.60. The first kappa shape index (κ1) is 25.1. The Labute approximate surface area is 202 Å². The zero-order valence-corrected chi connectivity index (χ0v) is 18.7. The van der Waals surface area contributed by atoms with Crippen LogP contribution in [0, 0.1) is 0 Å². The van der Waals surface area contributed by atoms with Crippen LogP contribution in [0.2, 0.25) is 10.0 Å². The second-order valence-electron chi connectivity index (χ2n) is 6.83. The Morgan fingerprint density at radius 2 is 1.74 bits per heavy atom. The monoisotopic (exact) mass is 509 g/mol. The molecule has 3 rings (SSSR count). The second kappa shape index (κ2) is 11.0. The number of nitrogens with zero attached hydrogens (tertiary/aromatic N) is 1. The lowest BCUT2D eigenvalue weighted by atomic mass is 10.2. The number of alkyl halides is 3. The summed E-state index contributed by atoms with van der Waals surface area (Å²) in [7, 11) is 0. The third-order valence-corrected chi connectivity index (χ3v) is 4.89. The molecule has 2 N–H and O–H groups in total. The van der Waals surface area contributed by atoms with Crippen LogP contribution in [-0.2, 0) is 22.4 Å². The molecule has 0 aliphatic heterocycles. The predicted molar refractivity (Wildman–Crippen MR) is 123 cm³/mol. The summed E-state index contributed by atoms with van der Waals surface area (Å²) in [5, 5.41) is 6.76. The molecule has 0 aromatic heterocycles. The van der Waals surface area contributed by atoms with Gasteiger partial charge in [-0.05, 0) is 48.0 Å². The molecule has 0 bridgehead atoms. The van der Waals surface area contributed by atoms with E-state index in [9.17, 15) is 22.8 Å². The van der Waals surface area contributed by atoms with E-state index < -0.39 is 23.6 Å². The van der Waals surface area contributed by atoms with Crippen molar-refractivity contribution >= 4 is 46.9 Å². The van der Waals surface area contributed by atoms with Gasteiger partial charge in [-0.15, -0.1) is 0 Å². The van der Waals surface area contributed by atoms with Crippen LogP contribution < -0.4 is 15.5 Å². The molecule has 34 heavy (non-hydrogen) atoms. The second-order valence-corrected chi connectivity index (χ2v) is 7.67. The van der Waals surface area contributed by atoms with Crippen LogP contribution in [-0.4, -0.2) is 18.0 Å². The van der Waals surface area contributed by atoms with Crippen molar-refractivity contribution in [2.75, 3.05) is 5.32 Å². The van der Waals surface area contributed by atoms with Crippen LogP contribution >= 0.6 is 23.2 Å². The molecule has 6 nitrogen and oxygen atoms in total. The number of nitrogens with one attached hydrogen (secondary N) is 2. The molecule has 0 unspecified atom stereocenters. The highest BCUT2D eigenvalue weighted by atomic mass is 35.5. The molecule has 0 radical (unpaired) electrons. The molecule has 0 fully saturated rings. The Hall–Kier alpha value is -3.56. The van der Waals surface area contributed by atoms with Crippen LogP contribution in [0.4, 0.5) is 18.9 Å². The summed E-state index contributed by atoms with van der Waals surface area (Å²) in [5.74, 6) is -1.82. The summed E-state index contributed by atoms with van der Waals surface area (Å²) in [6.45, 7) is 0.197. The minimum absolute atomic E-state index is 0.176. The maximum atomic E-state index is 12.8. The van der Waals surface area contributed by atoms with E-state index in [-0.39, 0.29) is 12.3 Å². The van der Waals surface area contributed by atoms with Gasteiger partial charge in [0.05, 0.1) is 11.8 Å². The van der Waals surface area contributed by atoms with E-state index in [2.05, 4.69) is 10.4 Å². The first-order valence-corrected chi connectivity index (χ1v) is 10.4. The largest absolute Gasteiger partial charge is 0.489 e. The van der Waals surface area contributed by atoms with Gasteiger partial charge in [0.25, 0.3) is 0 Å². The smallest absolute Gasteiger partial charge is 0.416 e. The zero-order chi connectivity index (χ0) is 24.7. The summed E-state index contributed by atoms with van der Waals surface area (Å²) >= 11 is 12.0. The number of hydrogen-bond donors (Lipinski definition) is 2. The Bertz CT molecular complexity index is 1230. The molecule has 0 saturated heterocycles. The Morgan fingerprint density at radius 3 is 2.47 bits per heavy atom. The molecule has 176 valence electrons. The van der Waals surface area contributed by atoms with Crippen LogP contribution in [0.3, 0.4) is 0 Å². The van der Waals surface area contributed by atoms with Gasteiger partial charge < -0.3 is 10.1 Å². The first-order chi connectivity index (χ1) is 16.1. The summed E-state index contributed by atoms with van der Waals surface area (Å²) in [5.41, 5.74) is 2.17. The normalized spacial score (nSPS) is 11.3. The molecular formula is C23H16Cl2F3N3O3. The third-order valence-electron chi connectivity index (χ3n) is 4.30. The Balaban J connectivity index is 1.54. The lowest BCUT2D eigenvalue weighted by molar-refractivity contribution is -0.137. The molecular weight excluding hydrogens is 494 g/mol. The molecule has 0 heterocycles. The van der Waals surface area contributed by atoms with Crippen LogP contribution in [0.25, 0.3) is 0 Å². The minimum atomic E-state index is -4.58. The van der Waals surface area contributed by atoms with Crippen molar-refractivity contribution in [3.05, 3.63) is 93.5 Å². The Morgan fingerprint density at radius 1 is 0.971 bits per heavy atom. The fourth-order valence-electron chi connectivity index (χ4n) is 2.66. The average molecular weight is 510 g/mol. The van der Waals surface area contributed by atoms with Crippen molar-refractivity contribution in [1.29, 1.82) is 0 Å². The summed E-state index contributed by atoms with van der Waals surface area (Å²) in [4.78, 5) is 23.8. The van der Waals surface area contributed by atoms with Crippen molar-refractivity contribution < 1.29 is 27.5 Å². The van der Waals surface area contributed by atoms with Crippen LogP contribution in [0.1, 0.15) is 16.7 Å². The van der Waals surface area contributed by atoms with Crippen molar-refractivity contribution in [1.82, 2.24) is 5.43 Å². The van der Waals surface area contributed by atoms with Gasteiger partial charge in [-0.25, -0.2) is 5.43 Å². The van der Waals surface area contributed by atoms with E-state index in [1.54, 1.807) is 42.5 Å². The Kier molecular flexibility index (Phi) is 8.14. The van der Waals surface area contributed by atoms with Crippen molar-refractivity contribution in [3.63, 3.8) is 0 Å². The maximum absolute atomic E-state index is 12.8. The minimum Gasteiger partial charge on any atom is -0.489 e. The van der Waals surface area contributed by atoms with Gasteiger partial charge in [-0.2, -0.15) is 18.3 Å². The SMILES string of the molecule is O=C(N/N=C\c1cccc(OCc2ccc(Cl)cc2Cl)c1)C(=O)Nc1cccc(C(F)(F)F)c1. The summed E-state index contributed by atoms with van der Waals surface area (Å²) < 4.78 is 44.0. The molecule has 2 amide bonds. The molecule has 0 atom stereocenters. The number of anilines is 1. The molecule has 3 aromatic rings. The quantitative estimate of drug-likeness (QED) is 0.255. The number of hydrogen-bond acceptors (Lipinski definition) is 4. The summed E-state index contributed by atoms with van der Waals surface area (Å²) in [6.07, 6.45) is -3.30. The number of rotatable bonds is 6. The highest BCUT2D eigenvalue weighted by Gasteiger charge is 2.30. The van der Waals surface area contributed by atoms with Crippen molar-refractivity contribution in [2.24, 2.45) is 5.10 Å². The summed E-state index contributed by atoms with van der Waals surface area (Å²) in [6, 6.07) is 15.7. The fourth-order valence-corrected chi connectivity index (χ4v) is 3.12. The predicted octanol–water partition coefficient (Wildman–Crippen LogP) is 5.68. The van der Waals surface area contributed by atoms with E-state index in [0.717, 1.165) is 23.8 Å². The molecule has 0 aliphatic carbocycles. The van der Waals surface area contributed by atoms with Crippen molar-refractivity contribution in [2.45, 2.75) is 12.8 Å². The van der Waals surface area contributed by atoms with Crippen molar-refractivity contribution in [3.8, 4) is 5.75 Å². The van der Waals surface area contributed by atoms with E-state index in [1.165, 1.54) is 12.3 Å². The fraction of sp³-hybridized carbons (Fsp3) is 0.0870. The van der Waals surface area contributed by atoms with Gasteiger partial charge in [0.15, 0.2) is 0 Å². The average Bonchev–Trinajstić information content (AvgIpc) is 2.78. The molecule has 11 heteroatoms. The van der Waals surface area contributed by atoms with Gasteiger partial charge in [0.1, 0.15) is 12.4 Å². The standard InChI is InChI=1S/C23H16Cl2F3N3O3/c24-17-8-7-15(20(25)11-17)13-34-19-6-1-3-14(9-19)12-29-31-22(33)21(32)30-18-5-2-4-16(10-18)23(26,27)28/h1-12H,13H2,(H,30,32)(H,31,33)/b29-12-. The number of amides is 2. The number of carbonyl (C=O) groups is 2. The van der Waals surface area contributed by atoms with Gasteiger partial charge in [-0.3, -0.25) is 9.59 Å². The van der Waals surface area contributed by atoms with E-state index in [0.29, 0.717) is 21.4 Å². The number of benzene rings is 3. The van der Waals surface area contributed by atoms with E-state index >= 15 is 0 Å². The number of ether oxygens (including phenoxy) is 1. The van der Waals surface area contributed by atoms with E-state index in [1.807, 2.05) is 5.43 Å². The van der Waals surface area contributed by atoms with Gasteiger partial charge in [0.2, 0.25) is 0 Å². The third kappa shape index (κ3) is 7.23. The van der Waals surface area contributed by atoms with Gasteiger partial charge in [-0.1, -0.05) is 47.5 Å². The molecule has 3 aromatic carbocycles. The zero-order valence-electron chi connectivity index (χ0n) is 17.2. The van der Waals surface area contributed by atoms with Crippen LogP contribution in [0.5, 0.6) is 5.75 Å². The highest BCUT2D eigenvalue weighted by molar-refractivity contribution is 6.39. The lowest BCUT2D eigenvalue weighted by Gasteiger charge is -2.09. The number of hydrazone groups is 1. The molecule has 0 saturated carbocycles. The topological polar surface area (TPSA) is 79.8 Å². The molecule has 0 spiro atoms. The lowest BCUT2D eigenvalue weighted by Crippen LogP contribution is -2.32. The van der Waals surface area contributed by atoms with Gasteiger partial charge >= 0.3 is 18.0 Å². The number of carbonyl (C=O) groups excluding carboxylic acids is 2. The van der Waals surface area contributed by atoms with Crippen LogP contribution in [0.15, 0.2) is 71.8 Å². The number of halogens is 5. The highest BCUT2D eigenvalue weighted by Crippen LogP contribution is 2.30.